The van der Waals surface area contributed by atoms with E-state index in [0.717, 1.165) is 28.8 Å². The first kappa shape index (κ1) is 14.5. The van der Waals surface area contributed by atoms with Crippen molar-refractivity contribution < 1.29 is 4.79 Å². The number of hydrogen-bond acceptors (Lipinski definition) is 2. The van der Waals surface area contributed by atoms with Crippen LogP contribution in [0.25, 0.3) is 10.8 Å². The topological polar surface area (TPSA) is 32.3 Å². The summed E-state index contributed by atoms with van der Waals surface area (Å²) < 4.78 is 0. The van der Waals surface area contributed by atoms with E-state index in [-0.39, 0.29) is 5.91 Å². The number of fused-ring (bicyclic) bond motifs is 1. The van der Waals surface area contributed by atoms with Crippen LogP contribution in [-0.2, 0) is 4.79 Å². The van der Waals surface area contributed by atoms with Gasteiger partial charge >= 0.3 is 0 Å². The monoisotopic (exact) mass is 320 g/mol. The zero-order valence-electron chi connectivity index (χ0n) is 13.9. The number of nitrogens with zero attached hydrogens (tertiary/aromatic N) is 1. The maximum Gasteiger partial charge on any atom is 0.224 e. The van der Waals surface area contributed by atoms with Crippen LogP contribution in [-0.4, -0.2) is 30.4 Å². The first-order valence-electron chi connectivity index (χ1n) is 9.26. The Hall–Kier alpha value is -1.87. The van der Waals surface area contributed by atoms with Crippen LogP contribution < -0.4 is 5.32 Å². The SMILES string of the molecule is O=C(CC1C2CC3CC1CN(C3)C2)Nc1cccc2ccccc12. The van der Waals surface area contributed by atoms with Crippen LogP contribution in [0.2, 0.25) is 0 Å². The zero-order chi connectivity index (χ0) is 16.1. The Morgan fingerprint density at radius 1 is 1.00 bits per heavy atom. The molecule has 24 heavy (non-hydrogen) atoms. The van der Waals surface area contributed by atoms with Gasteiger partial charge in [0.2, 0.25) is 5.91 Å². The highest BCUT2D eigenvalue weighted by Crippen LogP contribution is 2.48. The molecular weight excluding hydrogens is 296 g/mol. The smallest absolute Gasteiger partial charge is 0.224 e. The van der Waals surface area contributed by atoms with Gasteiger partial charge in [0.05, 0.1) is 0 Å². The number of piperidine rings is 3. The van der Waals surface area contributed by atoms with Gasteiger partial charge in [-0.05, 0) is 48.0 Å². The predicted molar refractivity (Wildman–Crippen MR) is 96.8 cm³/mol. The van der Waals surface area contributed by atoms with Gasteiger partial charge in [0, 0.05) is 37.1 Å². The Balaban J connectivity index is 1.32. The third-order valence-corrected chi connectivity index (χ3v) is 6.47. The van der Waals surface area contributed by atoms with Crippen molar-refractivity contribution in [1.82, 2.24) is 4.90 Å². The van der Waals surface area contributed by atoms with Crippen LogP contribution >= 0.6 is 0 Å². The van der Waals surface area contributed by atoms with Crippen LogP contribution in [0.15, 0.2) is 42.5 Å². The summed E-state index contributed by atoms with van der Waals surface area (Å²) in [5.41, 5.74) is 0.950. The van der Waals surface area contributed by atoms with Gasteiger partial charge in [0.1, 0.15) is 0 Å². The highest BCUT2D eigenvalue weighted by Gasteiger charge is 2.47. The van der Waals surface area contributed by atoms with Gasteiger partial charge in [-0.15, -0.1) is 0 Å². The largest absolute Gasteiger partial charge is 0.326 e. The van der Waals surface area contributed by atoms with Crippen molar-refractivity contribution in [3.8, 4) is 0 Å². The number of hydrogen-bond donors (Lipinski definition) is 1. The molecule has 2 aromatic rings. The summed E-state index contributed by atoms with van der Waals surface area (Å²) in [5, 5.41) is 5.50. The Morgan fingerprint density at radius 3 is 2.54 bits per heavy atom. The van der Waals surface area contributed by atoms with Gasteiger partial charge in [0.15, 0.2) is 0 Å². The number of carbonyl (C=O) groups is 1. The van der Waals surface area contributed by atoms with Crippen molar-refractivity contribution in [2.75, 3.05) is 25.0 Å². The molecule has 4 aliphatic rings. The van der Waals surface area contributed by atoms with Gasteiger partial charge in [0.25, 0.3) is 0 Å². The number of amides is 1. The summed E-state index contributed by atoms with van der Waals surface area (Å²) in [4.78, 5) is 15.4. The zero-order valence-corrected chi connectivity index (χ0v) is 13.9. The summed E-state index contributed by atoms with van der Waals surface area (Å²) in [6, 6.07) is 14.4. The standard InChI is InChI=1S/C21H24N2O/c24-21(22-20-7-3-5-15-4-1-2-6-18(15)20)10-19-16-8-14-9-17(19)13-23(11-14)12-16/h1-7,14,16-17,19H,8-13H2,(H,22,24). The Labute approximate surface area is 143 Å². The van der Waals surface area contributed by atoms with E-state index in [1.54, 1.807) is 0 Å². The summed E-state index contributed by atoms with van der Waals surface area (Å²) in [6.07, 6.45) is 3.39. The lowest BCUT2D eigenvalue weighted by Gasteiger charge is -2.56. The minimum atomic E-state index is 0.193. The molecular formula is C21H24N2O. The third kappa shape index (κ3) is 2.42. The van der Waals surface area contributed by atoms with Crippen LogP contribution in [0, 0.1) is 23.7 Å². The minimum absolute atomic E-state index is 0.193. The molecule has 0 aromatic heterocycles. The van der Waals surface area contributed by atoms with Crippen LogP contribution in [0.5, 0.6) is 0 Å². The lowest BCUT2D eigenvalue weighted by molar-refractivity contribution is -0.122. The Bertz CT molecular complexity index is 751. The highest BCUT2D eigenvalue weighted by atomic mass is 16.1. The second kappa shape index (κ2) is 5.59. The molecule has 3 heteroatoms. The van der Waals surface area contributed by atoms with Crippen LogP contribution in [0.4, 0.5) is 5.69 Å². The second-order valence-corrected chi connectivity index (χ2v) is 8.02. The van der Waals surface area contributed by atoms with Gasteiger partial charge in [-0.1, -0.05) is 36.4 Å². The van der Waals surface area contributed by atoms with Crippen molar-refractivity contribution in [2.24, 2.45) is 23.7 Å². The van der Waals surface area contributed by atoms with E-state index < -0.39 is 0 Å². The number of rotatable bonds is 3. The van der Waals surface area contributed by atoms with E-state index in [4.69, 9.17) is 0 Å². The van der Waals surface area contributed by atoms with E-state index in [1.165, 1.54) is 37.9 Å². The highest BCUT2D eigenvalue weighted by molar-refractivity contribution is 6.02. The molecule has 1 saturated carbocycles. The Kier molecular flexibility index (Phi) is 3.37. The van der Waals surface area contributed by atoms with Gasteiger partial charge in [-0.25, -0.2) is 0 Å². The average Bonchev–Trinajstić information content (AvgIpc) is 2.58. The predicted octanol–water partition coefficient (Wildman–Crippen LogP) is 3.76. The first-order chi connectivity index (χ1) is 11.8. The molecule has 4 bridgehead atoms. The van der Waals surface area contributed by atoms with Crippen molar-refractivity contribution in [1.29, 1.82) is 0 Å². The molecule has 3 heterocycles. The molecule has 2 aromatic carbocycles. The summed E-state index contributed by atoms with van der Waals surface area (Å²) in [6.45, 7) is 3.75. The maximum atomic E-state index is 12.7. The number of anilines is 1. The van der Waals surface area contributed by atoms with Gasteiger partial charge in [-0.2, -0.15) is 0 Å². The second-order valence-electron chi connectivity index (χ2n) is 8.02. The van der Waals surface area contributed by atoms with Gasteiger partial charge < -0.3 is 10.2 Å². The van der Waals surface area contributed by atoms with Crippen molar-refractivity contribution in [2.45, 2.75) is 19.3 Å². The van der Waals surface area contributed by atoms with E-state index in [9.17, 15) is 4.79 Å². The lowest BCUT2D eigenvalue weighted by atomic mass is 9.61. The molecule has 1 N–H and O–H groups in total. The number of benzene rings is 2. The molecule has 124 valence electrons. The van der Waals surface area contributed by atoms with Crippen molar-refractivity contribution in [3.05, 3.63) is 42.5 Å². The van der Waals surface area contributed by atoms with E-state index in [1.807, 2.05) is 24.3 Å². The summed E-state index contributed by atoms with van der Waals surface area (Å²) >= 11 is 0. The molecule has 3 aliphatic heterocycles. The van der Waals surface area contributed by atoms with Crippen molar-refractivity contribution >= 4 is 22.4 Å². The molecule has 6 rings (SSSR count). The van der Waals surface area contributed by atoms with Gasteiger partial charge in [-0.3, -0.25) is 4.79 Å². The fourth-order valence-electron chi connectivity index (χ4n) is 5.59. The van der Waals surface area contributed by atoms with Crippen molar-refractivity contribution in [3.63, 3.8) is 0 Å². The normalized spacial score (nSPS) is 33.8. The number of nitrogens with one attached hydrogen (secondary N) is 1. The van der Waals surface area contributed by atoms with Crippen LogP contribution in [0.3, 0.4) is 0 Å². The molecule has 3 saturated heterocycles. The fourth-order valence-corrected chi connectivity index (χ4v) is 5.59. The number of carbonyl (C=O) groups excluding carboxylic acids is 1. The maximum absolute atomic E-state index is 12.7. The van der Waals surface area contributed by atoms with E-state index in [0.29, 0.717) is 12.3 Å². The third-order valence-electron chi connectivity index (χ3n) is 6.47. The lowest BCUT2D eigenvalue weighted by Crippen LogP contribution is -2.58. The van der Waals surface area contributed by atoms with Crippen LogP contribution in [0.1, 0.15) is 19.3 Å². The Morgan fingerprint density at radius 2 is 1.75 bits per heavy atom. The quantitative estimate of drug-likeness (QED) is 0.934. The molecule has 1 amide bonds. The molecule has 2 atom stereocenters. The fraction of sp³-hybridized carbons (Fsp3) is 0.476. The molecule has 2 unspecified atom stereocenters. The van der Waals surface area contributed by atoms with E-state index >= 15 is 0 Å². The molecule has 3 nitrogen and oxygen atoms in total. The molecule has 1 aliphatic carbocycles. The summed E-state index contributed by atoms with van der Waals surface area (Å²) in [5.74, 6) is 3.18. The molecule has 4 fully saturated rings. The summed E-state index contributed by atoms with van der Waals surface area (Å²) in [7, 11) is 0. The molecule has 0 radical (unpaired) electrons. The average molecular weight is 320 g/mol. The minimum Gasteiger partial charge on any atom is -0.326 e. The van der Waals surface area contributed by atoms with E-state index in [2.05, 4.69) is 28.4 Å². The molecule has 0 spiro atoms. The first-order valence-corrected chi connectivity index (χ1v) is 9.26.